The summed E-state index contributed by atoms with van der Waals surface area (Å²) in [6.07, 6.45) is 0. The fourth-order valence-electron chi connectivity index (χ4n) is 5.27. The summed E-state index contributed by atoms with van der Waals surface area (Å²) in [7, 11) is 3.26. The van der Waals surface area contributed by atoms with Gasteiger partial charge in [0.15, 0.2) is 0 Å². The lowest BCUT2D eigenvalue weighted by Crippen LogP contribution is -2.51. The molecule has 0 bridgehead atoms. The number of piperazine rings is 1. The predicted octanol–water partition coefficient (Wildman–Crippen LogP) is 5.64. The quantitative estimate of drug-likeness (QED) is 0.264. The maximum absolute atomic E-state index is 13.9. The number of carbonyl (C=O) groups is 3. The summed E-state index contributed by atoms with van der Waals surface area (Å²) in [5.74, 6) is 0.968. The minimum Gasteiger partial charge on any atom is -0.497 e. The highest BCUT2D eigenvalue weighted by molar-refractivity contribution is 5.98. The number of aromatic nitrogens is 1. The van der Waals surface area contributed by atoms with Crippen molar-refractivity contribution in [1.29, 1.82) is 0 Å². The van der Waals surface area contributed by atoms with E-state index in [0.717, 1.165) is 28.4 Å². The lowest BCUT2D eigenvalue weighted by atomic mass is 10.1. The van der Waals surface area contributed by atoms with Gasteiger partial charge < -0.3 is 33.9 Å². The average molecular weight is 597 g/mol. The van der Waals surface area contributed by atoms with Crippen molar-refractivity contribution < 1.29 is 28.6 Å². The van der Waals surface area contributed by atoms with Crippen molar-refractivity contribution in [1.82, 2.24) is 14.4 Å². The molecule has 1 N–H and O–H groups in total. The Bertz CT molecular complexity index is 1640. The Morgan fingerprint density at radius 3 is 2.09 bits per heavy atom. The predicted molar refractivity (Wildman–Crippen MR) is 168 cm³/mol. The van der Waals surface area contributed by atoms with Gasteiger partial charge in [0.05, 0.1) is 37.6 Å². The molecule has 5 rings (SSSR count). The molecule has 2 heterocycles. The third-order valence-electron chi connectivity index (χ3n) is 7.68. The average Bonchev–Trinajstić information content (AvgIpc) is 3.41. The van der Waals surface area contributed by atoms with Gasteiger partial charge >= 0.3 is 12.0 Å². The Morgan fingerprint density at radius 2 is 1.45 bits per heavy atom. The first-order chi connectivity index (χ1) is 21.3. The van der Waals surface area contributed by atoms with Crippen LogP contribution in [0.15, 0.2) is 78.9 Å². The second-order valence-corrected chi connectivity index (χ2v) is 10.3. The molecule has 44 heavy (non-hydrogen) atoms. The van der Waals surface area contributed by atoms with Gasteiger partial charge in [-0.15, -0.1) is 0 Å². The Morgan fingerprint density at radius 1 is 0.795 bits per heavy atom. The Labute approximate surface area is 256 Å². The number of carbonyl (C=O) groups excluding carboxylic acids is 3. The Balaban J connectivity index is 1.31. The molecule has 10 heteroatoms. The molecule has 0 radical (unpaired) electrons. The molecular weight excluding hydrogens is 560 g/mol. The SMILES string of the molecule is CCOC(=O)c1ccc(NC(=O)N2CCN(C(=O)c3cc(-c4ccc(OC)cc4)n(-c4cccc(OC)c4)c3C)CC2)cc1. The van der Waals surface area contributed by atoms with Gasteiger partial charge in [-0.05, 0) is 86.1 Å². The Kier molecular flexibility index (Phi) is 9.18. The summed E-state index contributed by atoms with van der Waals surface area (Å²) in [5.41, 5.74) is 5.08. The van der Waals surface area contributed by atoms with Crippen molar-refractivity contribution in [2.24, 2.45) is 0 Å². The van der Waals surface area contributed by atoms with Crippen molar-refractivity contribution in [2.75, 3.05) is 52.3 Å². The van der Waals surface area contributed by atoms with Gasteiger partial charge in [-0.3, -0.25) is 4.79 Å². The summed E-state index contributed by atoms with van der Waals surface area (Å²) in [5, 5.41) is 2.87. The van der Waals surface area contributed by atoms with Crippen molar-refractivity contribution in [2.45, 2.75) is 13.8 Å². The van der Waals surface area contributed by atoms with E-state index in [1.807, 2.05) is 61.5 Å². The van der Waals surface area contributed by atoms with E-state index in [9.17, 15) is 14.4 Å². The molecule has 1 fully saturated rings. The van der Waals surface area contributed by atoms with E-state index in [0.29, 0.717) is 55.3 Å². The van der Waals surface area contributed by atoms with E-state index in [-0.39, 0.29) is 11.9 Å². The molecule has 4 aromatic rings. The summed E-state index contributed by atoms with van der Waals surface area (Å²) < 4.78 is 17.9. The molecule has 228 valence electrons. The summed E-state index contributed by atoms with van der Waals surface area (Å²) >= 11 is 0. The molecule has 0 atom stereocenters. The van der Waals surface area contributed by atoms with Crippen LogP contribution in [0.25, 0.3) is 16.9 Å². The van der Waals surface area contributed by atoms with Crippen molar-refractivity contribution in [3.63, 3.8) is 0 Å². The largest absolute Gasteiger partial charge is 0.497 e. The minimum atomic E-state index is -0.406. The minimum absolute atomic E-state index is 0.0893. The highest BCUT2D eigenvalue weighted by Crippen LogP contribution is 2.32. The number of nitrogens with zero attached hydrogens (tertiary/aromatic N) is 3. The van der Waals surface area contributed by atoms with Gasteiger partial charge in [0.2, 0.25) is 0 Å². The molecule has 3 aromatic carbocycles. The zero-order chi connectivity index (χ0) is 31.2. The van der Waals surface area contributed by atoms with E-state index < -0.39 is 5.97 Å². The molecule has 1 aliphatic heterocycles. The van der Waals surface area contributed by atoms with E-state index >= 15 is 0 Å². The first-order valence-corrected chi connectivity index (χ1v) is 14.5. The van der Waals surface area contributed by atoms with E-state index in [4.69, 9.17) is 14.2 Å². The molecule has 1 aliphatic rings. The van der Waals surface area contributed by atoms with Crippen LogP contribution in [0.3, 0.4) is 0 Å². The maximum atomic E-state index is 13.9. The van der Waals surface area contributed by atoms with Crippen LogP contribution in [0, 0.1) is 6.92 Å². The number of nitrogens with one attached hydrogen (secondary N) is 1. The standard InChI is InChI=1S/C34H36N4O6/c1-5-44-33(40)25-9-13-26(14-10-25)35-34(41)37-19-17-36(18-20-37)32(39)30-22-31(24-11-15-28(42-3)16-12-24)38(23(30)2)27-7-6-8-29(21-27)43-4/h6-16,21-22H,5,17-20H2,1-4H3,(H,35,41). The molecule has 3 amide bonds. The van der Waals surface area contributed by atoms with Gasteiger partial charge in [-0.2, -0.15) is 0 Å². The van der Waals surface area contributed by atoms with Crippen LogP contribution in [0.4, 0.5) is 10.5 Å². The number of hydrogen-bond acceptors (Lipinski definition) is 6. The smallest absolute Gasteiger partial charge is 0.338 e. The van der Waals surface area contributed by atoms with E-state index in [1.54, 1.807) is 55.2 Å². The molecule has 0 unspecified atom stereocenters. The number of urea groups is 1. The number of esters is 1. The number of anilines is 1. The van der Waals surface area contributed by atoms with E-state index in [1.165, 1.54) is 0 Å². The third-order valence-corrected chi connectivity index (χ3v) is 7.68. The van der Waals surface area contributed by atoms with Crippen LogP contribution in [-0.4, -0.2) is 79.3 Å². The molecule has 10 nitrogen and oxygen atoms in total. The molecule has 0 aliphatic carbocycles. The third kappa shape index (κ3) is 6.39. The lowest BCUT2D eigenvalue weighted by Gasteiger charge is -2.34. The van der Waals surface area contributed by atoms with Crippen molar-refractivity contribution >= 4 is 23.6 Å². The van der Waals surface area contributed by atoms with Crippen LogP contribution < -0.4 is 14.8 Å². The topological polar surface area (TPSA) is 102 Å². The van der Waals surface area contributed by atoms with Crippen LogP contribution in [0.2, 0.25) is 0 Å². The number of rotatable bonds is 8. The van der Waals surface area contributed by atoms with Crippen molar-refractivity contribution in [3.8, 4) is 28.4 Å². The zero-order valence-corrected chi connectivity index (χ0v) is 25.3. The molecule has 0 saturated carbocycles. The highest BCUT2D eigenvalue weighted by Gasteiger charge is 2.28. The fraction of sp³-hybridized carbons (Fsp3) is 0.265. The lowest BCUT2D eigenvalue weighted by molar-refractivity contribution is 0.0526. The number of ether oxygens (including phenoxy) is 3. The molecule has 0 spiro atoms. The second kappa shape index (κ2) is 13.4. The number of methoxy groups -OCH3 is 2. The summed E-state index contributed by atoms with van der Waals surface area (Å²) in [6.45, 7) is 5.56. The van der Waals surface area contributed by atoms with Crippen LogP contribution in [-0.2, 0) is 4.74 Å². The number of benzene rings is 3. The highest BCUT2D eigenvalue weighted by atomic mass is 16.5. The first-order valence-electron chi connectivity index (χ1n) is 14.5. The normalized spacial score (nSPS) is 12.9. The number of amides is 3. The molecular formula is C34H36N4O6. The van der Waals surface area contributed by atoms with Crippen LogP contribution in [0.5, 0.6) is 11.5 Å². The second-order valence-electron chi connectivity index (χ2n) is 10.3. The van der Waals surface area contributed by atoms with Crippen LogP contribution >= 0.6 is 0 Å². The van der Waals surface area contributed by atoms with Gasteiger partial charge in [-0.25, -0.2) is 9.59 Å². The van der Waals surface area contributed by atoms with Gasteiger partial charge in [0.25, 0.3) is 5.91 Å². The van der Waals surface area contributed by atoms with Crippen LogP contribution in [0.1, 0.15) is 33.3 Å². The van der Waals surface area contributed by atoms with Gasteiger partial charge in [0, 0.05) is 49.3 Å². The van der Waals surface area contributed by atoms with E-state index in [2.05, 4.69) is 9.88 Å². The van der Waals surface area contributed by atoms with Crippen molar-refractivity contribution in [3.05, 3.63) is 95.7 Å². The number of hydrogen-bond donors (Lipinski definition) is 1. The summed E-state index contributed by atoms with van der Waals surface area (Å²) in [6, 6.07) is 23.7. The maximum Gasteiger partial charge on any atom is 0.338 e. The van der Waals surface area contributed by atoms with Gasteiger partial charge in [-0.1, -0.05) is 6.07 Å². The fourth-order valence-corrected chi connectivity index (χ4v) is 5.27. The monoisotopic (exact) mass is 596 g/mol. The zero-order valence-electron chi connectivity index (χ0n) is 25.3. The molecule has 1 aromatic heterocycles. The Hall–Kier alpha value is -5.25. The van der Waals surface area contributed by atoms with Gasteiger partial charge in [0.1, 0.15) is 11.5 Å². The first kappa shape index (κ1) is 30.2. The molecule has 1 saturated heterocycles. The summed E-state index contributed by atoms with van der Waals surface area (Å²) in [4.78, 5) is 42.2.